The molecule has 0 aliphatic heterocycles. The van der Waals surface area contributed by atoms with Gasteiger partial charge in [-0.05, 0) is 18.2 Å². The third-order valence-corrected chi connectivity index (χ3v) is 4.29. The van der Waals surface area contributed by atoms with Crippen LogP contribution in [-0.2, 0) is 10.0 Å². The van der Waals surface area contributed by atoms with Gasteiger partial charge < -0.3 is 5.73 Å². The van der Waals surface area contributed by atoms with Crippen molar-refractivity contribution in [3.8, 4) is 0 Å². The van der Waals surface area contributed by atoms with Gasteiger partial charge in [-0.25, -0.2) is 8.42 Å². The number of nitrogens with zero attached hydrogens (tertiary/aromatic N) is 1. The lowest BCUT2D eigenvalue weighted by molar-refractivity contribution is 0.476. The summed E-state index contributed by atoms with van der Waals surface area (Å²) in [5.41, 5.74) is 5.32. The number of sulfonamides is 1. The molecule has 1 rings (SSSR count). The molecule has 0 radical (unpaired) electrons. The number of nitrogens with two attached hydrogens (primary N) is 1. The van der Waals surface area contributed by atoms with Crippen LogP contribution >= 0.6 is 15.9 Å². The van der Waals surface area contributed by atoms with Crippen molar-refractivity contribution in [2.24, 2.45) is 5.73 Å². The lowest BCUT2D eigenvalue weighted by atomic mass is 10.4. The molecule has 0 atom stereocenters. The fourth-order valence-electron chi connectivity index (χ4n) is 1.11. The molecule has 4 nitrogen and oxygen atoms in total. The van der Waals surface area contributed by atoms with E-state index in [9.17, 15) is 8.42 Å². The van der Waals surface area contributed by atoms with Gasteiger partial charge in [0.05, 0.1) is 4.90 Å². The second kappa shape index (κ2) is 5.07. The van der Waals surface area contributed by atoms with E-state index in [1.165, 1.54) is 11.4 Å². The van der Waals surface area contributed by atoms with Crippen LogP contribution in [0.3, 0.4) is 0 Å². The lowest BCUT2D eigenvalue weighted by Crippen LogP contribution is -2.31. The number of halogens is 1. The van der Waals surface area contributed by atoms with Crippen LogP contribution in [0.1, 0.15) is 0 Å². The Morgan fingerprint density at radius 3 is 2.67 bits per heavy atom. The summed E-state index contributed by atoms with van der Waals surface area (Å²) in [5.74, 6) is 0. The zero-order chi connectivity index (χ0) is 11.5. The van der Waals surface area contributed by atoms with Crippen LogP contribution in [0.25, 0.3) is 0 Å². The largest absolute Gasteiger partial charge is 0.329 e. The van der Waals surface area contributed by atoms with Crippen LogP contribution in [0.15, 0.2) is 33.6 Å². The van der Waals surface area contributed by atoms with Crippen LogP contribution in [0.2, 0.25) is 0 Å². The van der Waals surface area contributed by atoms with E-state index < -0.39 is 10.0 Å². The van der Waals surface area contributed by atoms with Crippen molar-refractivity contribution in [2.45, 2.75) is 4.90 Å². The van der Waals surface area contributed by atoms with E-state index >= 15 is 0 Å². The SMILES string of the molecule is CN(CCN)S(=O)(=O)c1cccc(Br)c1. The fraction of sp³-hybridized carbons (Fsp3) is 0.333. The first kappa shape index (κ1) is 12.6. The van der Waals surface area contributed by atoms with Gasteiger partial charge in [0, 0.05) is 24.6 Å². The summed E-state index contributed by atoms with van der Waals surface area (Å²) in [4.78, 5) is 0.271. The molecular weight excluding hydrogens is 280 g/mol. The Balaban J connectivity index is 3.06. The van der Waals surface area contributed by atoms with Gasteiger partial charge in [-0.2, -0.15) is 4.31 Å². The summed E-state index contributed by atoms with van der Waals surface area (Å²) >= 11 is 3.24. The Labute approximate surface area is 98.3 Å². The highest BCUT2D eigenvalue weighted by Gasteiger charge is 2.19. The van der Waals surface area contributed by atoms with Crippen LogP contribution < -0.4 is 5.73 Å². The Hall–Kier alpha value is -0.430. The molecule has 2 N–H and O–H groups in total. The van der Waals surface area contributed by atoms with Gasteiger partial charge >= 0.3 is 0 Å². The Bertz CT molecular complexity index is 433. The van der Waals surface area contributed by atoms with E-state index in [0.29, 0.717) is 13.1 Å². The lowest BCUT2D eigenvalue weighted by Gasteiger charge is -2.16. The molecule has 0 fully saturated rings. The summed E-state index contributed by atoms with van der Waals surface area (Å²) in [6.07, 6.45) is 0. The number of likely N-dealkylation sites (N-methyl/N-ethyl adjacent to an activating group) is 1. The first-order valence-electron chi connectivity index (χ1n) is 4.40. The minimum atomic E-state index is -3.40. The van der Waals surface area contributed by atoms with Crippen LogP contribution in [0, 0.1) is 0 Å². The molecule has 15 heavy (non-hydrogen) atoms. The van der Waals surface area contributed by atoms with Gasteiger partial charge in [0.25, 0.3) is 0 Å². The number of rotatable bonds is 4. The number of benzene rings is 1. The molecule has 0 aliphatic rings. The Morgan fingerprint density at radius 2 is 2.13 bits per heavy atom. The molecule has 84 valence electrons. The molecule has 0 saturated carbocycles. The monoisotopic (exact) mass is 292 g/mol. The van der Waals surface area contributed by atoms with E-state index in [1.807, 2.05) is 0 Å². The molecule has 6 heteroatoms. The smallest absolute Gasteiger partial charge is 0.242 e. The van der Waals surface area contributed by atoms with Gasteiger partial charge in [0.2, 0.25) is 10.0 Å². The van der Waals surface area contributed by atoms with Gasteiger partial charge in [-0.1, -0.05) is 22.0 Å². The van der Waals surface area contributed by atoms with Crippen LogP contribution in [0.5, 0.6) is 0 Å². The molecule has 1 aromatic carbocycles. The fourth-order valence-corrected chi connectivity index (χ4v) is 2.89. The zero-order valence-corrected chi connectivity index (χ0v) is 10.8. The van der Waals surface area contributed by atoms with E-state index in [1.54, 1.807) is 24.3 Å². The van der Waals surface area contributed by atoms with E-state index in [0.717, 1.165) is 4.47 Å². The second-order valence-corrected chi connectivity index (χ2v) is 6.03. The molecule has 0 aliphatic carbocycles. The average molecular weight is 293 g/mol. The molecule has 0 saturated heterocycles. The van der Waals surface area contributed by atoms with E-state index in [-0.39, 0.29) is 4.90 Å². The van der Waals surface area contributed by atoms with Crippen molar-refractivity contribution in [3.05, 3.63) is 28.7 Å². The maximum atomic E-state index is 11.9. The predicted octanol–water partition coefficient (Wildman–Crippen LogP) is 1.03. The molecule has 1 aromatic rings. The third-order valence-electron chi connectivity index (χ3n) is 1.95. The van der Waals surface area contributed by atoms with Crippen molar-refractivity contribution in [1.29, 1.82) is 0 Å². The maximum Gasteiger partial charge on any atom is 0.242 e. The highest BCUT2D eigenvalue weighted by molar-refractivity contribution is 9.10. The molecule has 0 spiro atoms. The Morgan fingerprint density at radius 1 is 1.47 bits per heavy atom. The third kappa shape index (κ3) is 3.01. The summed E-state index contributed by atoms with van der Waals surface area (Å²) in [5, 5.41) is 0. The quantitative estimate of drug-likeness (QED) is 0.901. The van der Waals surface area contributed by atoms with Crippen LogP contribution in [0.4, 0.5) is 0 Å². The molecular formula is C9H13BrN2O2S. The standard InChI is InChI=1S/C9H13BrN2O2S/c1-12(6-5-11)15(13,14)9-4-2-3-8(10)7-9/h2-4,7H,5-6,11H2,1H3. The van der Waals surface area contributed by atoms with Gasteiger partial charge in [0.1, 0.15) is 0 Å². The molecule has 0 bridgehead atoms. The number of hydrogen-bond donors (Lipinski definition) is 1. The van der Waals surface area contributed by atoms with Gasteiger partial charge in [-0.3, -0.25) is 0 Å². The first-order chi connectivity index (χ1) is 6.98. The minimum absolute atomic E-state index is 0.271. The summed E-state index contributed by atoms with van der Waals surface area (Å²) in [6.45, 7) is 0.624. The topological polar surface area (TPSA) is 63.4 Å². The predicted molar refractivity (Wildman–Crippen MR) is 63.0 cm³/mol. The summed E-state index contributed by atoms with van der Waals surface area (Å²) in [6, 6.07) is 6.60. The second-order valence-electron chi connectivity index (χ2n) is 3.07. The van der Waals surface area contributed by atoms with Gasteiger partial charge in [-0.15, -0.1) is 0 Å². The van der Waals surface area contributed by atoms with Crippen LogP contribution in [-0.4, -0.2) is 32.9 Å². The van der Waals surface area contributed by atoms with Gasteiger partial charge in [0.15, 0.2) is 0 Å². The highest BCUT2D eigenvalue weighted by Crippen LogP contribution is 2.18. The number of hydrogen-bond acceptors (Lipinski definition) is 3. The van der Waals surface area contributed by atoms with Crippen molar-refractivity contribution in [3.63, 3.8) is 0 Å². The van der Waals surface area contributed by atoms with Crippen molar-refractivity contribution < 1.29 is 8.42 Å². The van der Waals surface area contributed by atoms with Crippen molar-refractivity contribution in [2.75, 3.05) is 20.1 Å². The first-order valence-corrected chi connectivity index (χ1v) is 6.64. The maximum absolute atomic E-state index is 11.9. The van der Waals surface area contributed by atoms with Crippen molar-refractivity contribution in [1.82, 2.24) is 4.31 Å². The van der Waals surface area contributed by atoms with Crippen molar-refractivity contribution >= 4 is 26.0 Å². The molecule has 0 unspecified atom stereocenters. The summed E-state index contributed by atoms with van der Waals surface area (Å²) in [7, 11) is -1.88. The average Bonchev–Trinajstić information content (AvgIpc) is 2.18. The Kier molecular flexibility index (Phi) is 4.27. The molecule has 0 aromatic heterocycles. The zero-order valence-electron chi connectivity index (χ0n) is 8.35. The minimum Gasteiger partial charge on any atom is -0.329 e. The highest BCUT2D eigenvalue weighted by atomic mass is 79.9. The molecule has 0 amide bonds. The molecule has 0 heterocycles. The normalized spacial score (nSPS) is 12.0. The summed E-state index contributed by atoms with van der Waals surface area (Å²) < 4.78 is 25.8. The van der Waals surface area contributed by atoms with E-state index in [2.05, 4.69) is 15.9 Å². The van der Waals surface area contributed by atoms with E-state index in [4.69, 9.17) is 5.73 Å².